The van der Waals surface area contributed by atoms with Gasteiger partial charge in [-0.25, -0.2) is 11.6 Å². The smallest absolute Gasteiger partial charge is 0.0253 e. The Labute approximate surface area is 180 Å². The summed E-state index contributed by atoms with van der Waals surface area (Å²) in [5, 5.41) is 0. The molecule has 2 aliphatic carbocycles. The summed E-state index contributed by atoms with van der Waals surface area (Å²) >= 11 is 1.55. The van der Waals surface area contributed by atoms with Gasteiger partial charge in [0.05, 0.1) is 0 Å². The van der Waals surface area contributed by atoms with Crippen LogP contribution in [-0.4, -0.2) is 3.21 Å². The number of hydrogen-bond donors (Lipinski definition) is 0. The fourth-order valence-electron chi connectivity index (χ4n) is 3.08. The van der Waals surface area contributed by atoms with Gasteiger partial charge in [0.15, 0.2) is 0 Å². The molecular weight excluding hydrogens is 404 g/mol. The summed E-state index contributed by atoms with van der Waals surface area (Å²) in [4.78, 5) is 0. The first kappa shape index (κ1) is 22.0. The van der Waals surface area contributed by atoms with Gasteiger partial charge < -0.3 is 0 Å². The first-order valence-corrected chi connectivity index (χ1v) is 10.8. The summed E-state index contributed by atoms with van der Waals surface area (Å²) in [6.07, 6.45) is 7.64. The Morgan fingerprint density at radius 2 is 1.63 bits per heavy atom. The van der Waals surface area contributed by atoms with Gasteiger partial charge in [0.2, 0.25) is 0 Å². The Bertz CT molecular complexity index is 812. The SMILES string of the molecule is CC1=[C-]CC(C(C)(C)C)=C1.C[C](C)=[Zr+2].[c-]1cccc2c1Cc1ccccc1-2. The van der Waals surface area contributed by atoms with Crippen molar-refractivity contribution in [2.45, 2.75) is 54.4 Å². The van der Waals surface area contributed by atoms with E-state index in [-0.39, 0.29) is 0 Å². The molecule has 0 radical (unpaired) electrons. The molecule has 0 heterocycles. The molecule has 0 amide bonds. The van der Waals surface area contributed by atoms with Gasteiger partial charge in [-0.2, -0.15) is 35.4 Å². The summed E-state index contributed by atoms with van der Waals surface area (Å²) in [5.41, 5.74) is 8.65. The standard InChI is InChI=1S/C13H9.C10H15.C3H6.Zr/c1-3-7-12-10(5-1)9-11-6-2-4-8-13(11)12;1-8-5-6-9(7-8)10(2,3)4;1-3-2;/h1-5,7-8H,9H2;7H,6H2,1-4H3;1-2H3;/q2*-1;;+2. The number of rotatable bonds is 0. The summed E-state index contributed by atoms with van der Waals surface area (Å²) in [7, 11) is 0. The van der Waals surface area contributed by atoms with Gasteiger partial charge in [-0.05, 0) is 11.8 Å². The van der Waals surface area contributed by atoms with Crippen LogP contribution >= 0.6 is 0 Å². The topological polar surface area (TPSA) is 0 Å². The van der Waals surface area contributed by atoms with Crippen LogP contribution < -0.4 is 0 Å². The molecule has 138 valence electrons. The summed E-state index contributed by atoms with van der Waals surface area (Å²) in [5.74, 6) is 0. The van der Waals surface area contributed by atoms with Gasteiger partial charge in [-0.3, -0.25) is 6.08 Å². The van der Waals surface area contributed by atoms with Crippen LogP contribution in [-0.2, 0) is 30.7 Å². The van der Waals surface area contributed by atoms with Crippen molar-refractivity contribution in [2.24, 2.45) is 5.41 Å². The maximum atomic E-state index is 3.30. The number of fused-ring (bicyclic) bond motifs is 3. The number of hydrogen-bond acceptors (Lipinski definition) is 0. The van der Waals surface area contributed by atoms with Gasteiger partial charge in [-0.15, -0.1) is 12.0 Å². The van der Waals surface area contributed by atoms with Gasteiger partial charge in [0.1, 0.15) is 0 Å². The Balaban J connectivity index is 0.000000167. The zero-order valence-electron chi connectivity index (χ0n) is 17.5. The Morgan fingerprint density at radius 3 is 2.19 bits per heavy atom. The monoisotopic (exact) mass is 432 g/mol. The van der Waals surface area contributed by atoms with E-state index >= 15 is 0 Å². The maximum Gasteiger partial charge on any atom is -0.0253 e. The molecule has 0 aliphatic heterocycles. The van der Waals surface area contributed by atoms with E-state index < -0.39 is 0 Å². The van der Waals surface area contributed by atoms with Crippen molar-refractivity contribution in [1.82, 2.24) is 0 Å². The normalized spacial score (nSPS) is 13.9. The third kappa shape index (κ3) is 6.65. The number of allylic oxidation sites excluding steroid dienone is 4. The predicted molar refractivity (Wildman–Crippen MR) is 114 cm³/mol. The van der Waals surface area contributed by atoms with Crippen molar-refractivity contribution in [3.8, 4) is 11.1 Å². The zero-order chi connectivity index (χ0) is 20.0. The van der Waals surface area contributed by atoms with Crippen LogP contribution in [0.3, 0.4) is 0 Å². The van der Waals surface area contributed by atoms with Crippen LogP contribution in [0.25, 0.3) is 11.1 Å². The summed E-state index contributed by atoms with van der Waals surface area (Å²) < 4.78 is 1.51. The maximum absolute atomic E-state index is 3.30. The van der Waals surface area contributed by atoms with Crippen molar-refractivity contribution in [1.29, 1.82) is 0 Å². The van der Waals surface area contributed by atoms with Crippen LogP contribution in [0.4, 0.5) is 0 Å². The average molecular weight is 434 g/mol. The van der Waals surface area contributed by atoms with Crippen molar-refractivity contribution < 1.29 is 24.2 Å². The van der Waals surface area contributed by atoms with Gasteiger partial charge in [0.25, 0.3) is 0 Å². The minimum atomic E-state index is 0.338. The van der Waals surface area contributed by atoms with Crippen LogP contribution in [0, 0.1) is 17.6 Å². The molecule has 0 nitrogen and oxygen atoms in total. The Hall–Kier alpha value is -1.33. The molecule has 0 atom stereocenters. The van der Waals surface area contributed by atoms with Gasteiger partial charge in [0, 0.05) is 0 Å². The van der Waals surface area contributed by atoms with E-state index in [0.29, 0.717) is 5.41 Å². The molecule has 0 N–H and O–H groups in total. The second kappa shape index (κ2) is 9.74. The Kier molecular flexibility index (Phi) is 7.93. The van der Waals surface area contributed by atoms with Crippen molar-refractivity contribution >= 4 is 3.21 Å². The molecule has 2 aromatic rings. The first-order chi connectivity index (χ1) is 12.7. The van der Waals surface area contributed by atoms with E-state index in [1.165, 1.54) is 36.6 Å². The molecular formula is C26H30Zr. The van der Waals surface area contributed by atoms with E-state index in [9.17, 15) is 0 Å². The molecule has 0 spiro atoms. The largest absolute Gasteiger partial charge is 0.179 e. The summed E-state index contributed by atoms with van der Waals surface area (Å²) in [6.45, 7) is 13.1. The van der Waals surface area contributed by atoms with Crippen molar-refractivity contribution in [3.63, 3.8) is 0 Å². The van der Waals surface area contributed by atoms with Crippen LogP contribution in [0.2, 0.25) is 0 Å². The van der Waals surface area contributed by atoms with Crippen LogP contribution in [0.15, 0.2) is 59.7 Å². The molecule has 0 unspecified atom stereocenters. The van der Waals surface area contributed by atoms with E-state index in [4.69, 9.17) is 0 Å². The van der Waals surface area contributed by atoms with Gasteiger partial charge in [-0.1, -0.05) is 63.1 Å². The molecule has 0 aromatic heterocycles. The number of benzene rings is 2. The quantitative estimate of drug-likeness (QED) is 0.338. The minimum Gasteiger partial charge on any atom is -0.179 e. The molecule has 0 bridgehead atoms. The predicted octanol–water partition coefficient (Wildman–Crippen LogP) is 6.92. The van der Waals surface area contributed by atoms with Crippen molar-refractivity contribution in [3.05, 3.63) is 83.0 Å². The molecule has 2 aliphatic rings. The second-order valence-electron chi connectivity index (χ2n) is 8.35. The van der Waals surface area contributed by atoms with E-state index in [1.54, 1.807) is 24.2 Å². The molecule has 1 heteroatoms. The third-order valence-electron chi connectivity index (χ3n) is 4.53. The Morgan fingerprint density at radius 1 is 1.00 bits per heavy atom. The van der Waals surface area contributed by atoms with Gasteiger partial charge >= 0.3 is 41.3 Å². The van der Waals surface area contributed by atoms with Crippen LogP contribution in [0.5, 0.6) is 0 Å². The van der Waals surface area contributed by atoms with E-state index in [2.05, 4.69) is 96.2 Å². The first-order valence-electron chi connectivity index (χ1n) is 9.56. The molecule has 0 fully saturated rings. The molecule has 2 aromatic carbocycles. The average Bonchev–Trinajstić information content (AvgIpc) is 3.18. The fourth-order valence-corrected chi connectivity index (χ4v) is 3.08. The molecule has 0 saturated carbocycles. The van der Waals surface area contributed by atoms with Crippen LogP contribution in [0.1, 0.15) is 59.1 Å². The molecule has 4 rings (SSSR count). The fraction of sp³-hybridized carbons (Fsp3) is 0.346. The molecule has 27 heavy (non-hydrogen) atoms. The third-order valence-corrected chi connectivity index (χ3v) is 4.53. The van der Waals surface area contributed by atoms with Crippen molar-refractivity contribution in [2.75, 3.05) is 0 Å². The zero-order valence-corrected chi connectivity index (χ0v) is 20.0. The summed E-state index contributed by atoms with van der Waals surface area (Å²) in [6, 6.07) is 18.1. The molecule has 0 saturated heterocycles. The van der Waals surface area contributed by atoms with E-state index in [0.717, 1.165) is 12.8 Å². The van der Waals surface area contributed by atoms with E-state index in [1.807, 2.05) is 6.07 Å². The second-order valence-corrected chi connectivity index (χ2v) is 10.8. The minimum absolute atomic E-state index is 0.338.